The van der Waals surface area contributed by atoms with Crippen molar-refractivity contribution in [1.82, 2.24) is 4.72 Å². The molecule has 0 spiro atoms. The topological polar surface area (TPSA) is 55.4 Å². The lowest BCUT2D eigenvalue weighted by molar-refractivity contribution is -0.275. The van der Waals surface area contributed by atoms with E-state index >= 15 is 0 Å². The van der Waals surface area contributed by atoms with E-state index in [0.717, 1.165) is 12.1 Å². The van der Waals surface area contributed by atoms with Crippen LogP contribution < -0.4 is 9.46 Å². The molecule has 0 saturated carbocycles. The number of hydrogen-bond acceptors (Lipinski definition) is 3. The third-order valence-corrected chi connectivity index (χ3v) is 3.96. The Morgan fingerprint density at radius 2 is 1.89 bits per heavy atom. The van der Waals surface area contributed by atoms with Crippen LogP contribution in [0.4, 0.5) is 13.2 Å². The largest absolute Gasteiger partial charge is 0.573 e. The van der Waals surface area contributed by atoms with Gasteiger partial charge in [0.2, 0.25) is 10.0 Å². The molecule has 4 nitrogen and oxygen atoms in total. The molecule has 1 rings (SSSR count). The molecule has 1 atom stereocenters. The van der Waals surface area contributed by atoms with Crippen molar-refractivity contribution in [2.75, 3.05) is 0 Å². The first-order chi connectivity index (χ1) is 8.65. The lowest BCUT2D eigenvalue weighted by atomic mass is 10.3. The molecular formula is C11H14F3NO3S. The fourth-order valence-electron chi connectivity index (χ4n) is 1.29. The molecule has 108 valence electrons. The first kappa shape index (κ1) is 15.8. The van der Waals surface area contributed by atoms with Crippen LogP contribution in [0.15, 0.2) is 29.2 Å². The number of rotatable bonds is 5. The van der Waals surface area contributed by atoms with Gasteiger partial charge in [0.15, 0.2) is 0 Å². The smallest absolute Gasteiger partial charge is 0.404 e. The summed E-state index contributed by atoms with van der Waals surface area (Å²) in [5, 5.41) is 0. The average molecular weight is 297 g/mol. The van der Waals surface area contributed by atoms with E-state index in [1.165, 1.54) is 12.1 Å². The second kappa shape index (κ2) is 5.79. The number of ether oxygens (including phenoxy) is 1. The van der Waals surface area contributed by atoms with Gasteiger partial charge in [0.1, 0.15) is 10.6 Å². The van der Waals surface area contributed by atoms with Gasteiger partial charge in [-0.05, 0) is 25.5 Å². The Morgan fingerprint density at radius 1 is 1.32 bits per heavy atom. The van der Waals surface area contributed by atoms with Crippen molar-refractivity contribution < 1.29 is 26.3 Å². The van der Waals surface area contributed by atoms with Crippen molar-refractivity contribution in [3.05, 3.63) is 24.3 Å². The van der Waals surface area contributed by atoms with Gasteiger partial charge < -0.3 is 4.74 Å². The summed E-state index contributed by atoms with van der Waals surface area (Å²) in [6.07, 6.45) is -4.43. The third kappa shape index (κ3) is 4.71. The molecule has 19 heavy (non-hydrogen) atoms. The van der Waals surface area contributed by atoms with Gasteiger partial charge in [-0.1, -0.05) is 19.1 Å². The summed E-state index contributed by atoms with van der Waals surface area (Å²) in [6.45, 7) is 3.37. The second-order valence-electron chi connectivity index (χ2n) is 3.93. The molecule has 0 aliphatic carbocycles. The minimum atomic E-state index is -4.94. The highest BCUT2D eigenvalue weighted by atomic mass is 32.2. The van der Waals surface area contributed by atoms with Gasteiger partial charge in [-0.15, -0.1) is 13.2 Å². The molecule has 0 aliphatic rings. The predicted octanol–water partition coefficient (Wildman–Crippen LogP) is 2.66. The maximum Gasteiger partial charge on any atom is 0.573 e. The van der Waals surface area contributed by atoms with Gasteiger partial charge >= 0.3 is 6.36 Å². The first-order valence-electron chi connectivity index (χ1n) is 5.53. The van der Waals surface area contributed by atoms with E-state index < -0.39 is 27.0 Å². The highest BCUT2D eigenvalue weighted by molar-refractivity contribution is 7.89. The molecule has 0 bridgehead atoms. The van der Waals surface area contributed by atoms with Gasteiger partial charge in [-0.25, -0.2) is 13.1 Å². The Bertz CT molecular complexity index is 528. The molecule has 0 radical (unpaired) electrons. The van der Waals surface area contributed by atoms with Crippen molar-refractivity contribution >= 4 is 10.0 Å². The van der Waals surface area contributed by atoms with Gasteiger partial charge in [0, 0.05) is 6.04 Å². The number of para-hydroxylation sites is 1. The molecule has 0 saturated heterocycles. The van der Waals surface area contributed by atoms with Crippen LogP contribution in [0.3, 0.4) is 0 Å². The van der Waals surface area contributed by atoms with Crippen LogP contribution in [-0.2, 0) is 10.0 Å². The van der Waals surface area contributed by atoms with E-state index in [0.29, 0.717) is 6.42 Å². The summed E-state index contributed by atoms with van der Waals surface area (Å²) < 4.78 is 66.5. The zero-order chi connectivity index (χ0) is 14.7. The van der Waals surface area contributed by atoms with Crippen LogP contribution in [0.1, 0.15) is 20.3 Å². The molecule has 0 fully saturated rings. The van der Waals surface area contributed by atoms with Crippen molar-refractivity contribution in [2.24, 2.45) is 0 Å². The maximum atomic E-state index is 12.2. The van der Waals surface area contributed by atoms with Crippen LogP contribution in [0, 0.1) is 0 Å². The molecule has 0 heterocycles. The Hall–Kier alpha value is -1.28. The third-order valence-electron chi connectivity index (χ3n) is 2.33. The zero-order valence-electron chi connectivity index (χ0n) is 10.4. The molecule has 0 aliphatic heterocycles. The highest BCUT2D eigenvalue weighted by Crippen LogP contribution is 2.29. The SMILES string of the molecule is CC[C@H](C)NS(=O)(=O)c1ccccc1OC(F)(F)F. The number of alkyl halides is 3. The summed E-state index contributed by atoms with van der Waals surface area (Å²) in [7, 11) is -4.05. The quantitative estimate of drug-likeness (QED) is 0.909. The number of sulfonamides is 1. The molecule has 8 heteroatoms. The van der Waals surface area contributed by atoms with Crippen LogP contribution in [0.2, 0.25) is 0 Å². The number of nitrogens with one attached hydrogen (secondary N) is 1. The molecular weight excluding hydrogens is 283 g/mol. The lowest BCUT2D eigenvalue weighted by Gasteiger charge is -2.16. The summed E-state index contributed by atoms with van der Waals surface area (Å²) in [5.74, 6) is -0.745. The molecule has 0 aromatic heterocycles. The van der Waals surface area contributed by atoms with E-state index in [-0.39, 0.29) is 6.04 Å². The van der Waals surface area contributed by atoms with Crippen LogP contribution in [0.25, 0.3) is 0 Å². The van der Waals surface area contributed by atoms with Gasteiger partial charge in [-0.2, -0.15) is 0 Å². The Morgan fingerprint density at radius 3 is 2.42 bits per heavy atom. The Kier molecular flexibility index (Phi) is 4.81. The van der Waals surface area contributed by atoms with Crippen molar-refractivity contribution in [3.63, 3.8) is 0 Å². The lowest BCUT2D eigenvalue weighted by Crippen LogP contribution is -2.32. The fraction of sp³-hybridized carbons (Fsp3) is 0.455. The van der Waals surface area contributed by atoms with Gasteiger partial charge in [0.25, 0.3) is 0 Å². The number of hydrogen-bond donors (Lipinski definition) is 1. The number of halogens is 3. The van der Waals surface area contributed by atoms with Crippen molar-refractivity contribution in [1.29, 1.82) is 0 Å². The molecule has 0 amide bonds. The predicted molar refractivity (Wildman–Crippen MR) is 63.2 cm³/mol. The Labute approximate surface area is 109 Å². The van der Waals surface area contributed by atoms with E-state index in [1.807, 2.05) is 0 Å². The highest BCUT2D eigenvalue weighted by Gasteiger charge is 2.34. The van der Waals surface area contributed by atoms with Crippen LogP contribution in [-0.4, -0.2) is 20.8 Å². The van der Waals surface area contributed by atoms with E-state index in [4.69, 9.17) is 0 Å². The van der Waals surface area contributed by atoms with Crippen LogP contribution >= 0.6 is 0 Å². The van der Waals surface area contributed by atoms with Gasteiger partial charge in [-0.3, -0.25) is 0 Å². The standard InChI is InChI=1S/C11H14F3NO3S/c1-3-8(2)15-19(16,17)10-7-5-4-6-9(10)18-11(12,13)14/h4-8,15H,3H2,1-2H3/t8-/m0/s1. The van der Waals surface area contributed by atoms with E-state index in [9.17, 15) is 21.6 Å². The molecule has 1 aromatic rings. The normalized spacial score (nSPS) is 14.2. The van der Waals surface area contributed by atoms with Crippen LogP contribution in [0.5, 0.6) is 5.75 Å². The molecule has 0 unspecified atom stereocenters. The summed E-state index contributed by atoms with van der Waals surface area (Å²) in [6, 6.07) is 4.23. The van der Waals surface area contributed by atoms with E-state index in [1.54, 1.807) is 13.8 Å². The maximum absolute atomic E-state index is 12.2. The van der Waals surface area contributed by atoms with E-state index in [2.05, 4.69) is 9.46 Å². The first-order valence-corrected chi connectivity index (χ1v) is 7.01. The average Bonchev–Trinajstić information content (AvgIpc) is 2.26. The molecule has 1 aromatic carbocycles. The molecule has 1 N–H and O–H groups in total. The minimum Gasteiger partial charge on any atom is -0.404 e. The zero-order valence-corrected chi connectivity index (χ0v) is 11.2. The second-order valence-corrected chi connectivity index (χ2v) is 5.61. The fourth-order valence-corrected chi connectivity index (χ4v) is 2.75. The Balaban J connectivity index is 3.13. The summed E-state index contributed by atoms with van der Waals surface area (Å²) >= 11 is 0. The summed E-state index contributed by atoms with van der Waals surface area (Å²) in [5.41, 5.74) is 0. The van der Waals surface area contributed by atoms with Gasteiger partial charge in [0.05, 0.1) is 0 Å². The minimum absolute atomic E-state index is 0.385. The summed E-state index contributed by atoms with van der Waals surface area (Å²) in [4.78, 5) is -0.535. The monoisotopic (exact) mass is 297 g/mol. The number of benzene rings is 1. The van der Waals surface area contributed by atoms with Crippen molar-refractivity contribution in [3.8, 4) is 5.75 Å². The van der Waals surface area contributed by atoms with Crippen molar-refractivity contribution in [2.45, 2.75) is 37.6 Å².